The molecule has 0 saturated carbocycles. The fourth-order valence-electron chi connectivity index (χ4n) is 3.20. The Hall–Kier alpha value is -3.22. The van der Waals surface area contributed by atoms with Crippen LogP contribution in [0.25, 0.3) is 22.4 Å². The minimum atomic E-state index is -0.713. The van der Waals surface area contributed by atoms with E-state index in [0.29, 0.717) is 23.0 Å². The summed E-state index contributed by atoms with van der Waals surface area (Å²) >= 11 is 0. The van der Waals surface area contributed by atoms with E-state index in [1.54, 1.807) is 14.2 Å². The summed E-state index contributed by atoms with van der Waals surface area (Å²) in [7, 11) is 3.22. The predicted molar refractivity (Wildman–Crippen MR) is 97.8 cm³/mol. The molecule has 0 aliphatic carbocycles. The van der Waals surface area contributed by atoms with E-state index >= 15 is 0 Å². The maximum Gasteiger partial charge on any atom is 0.412 e. The van der Waals surface area contributed by atoms with Crippen LogP contribution in [0.5, 0.6) is 11.5 Å². The summed E-state index contributed by atoms with van der Waals surface area (Å²) in [4.78, 5) is 19.7. The van der Waals surface area contributed by atoms with E-state index in [-0.39, 0.29) is 0 Å². The van der Waals surface area contributed by atoms with Gasteiger partial charge in [-0.15, -0.1) is 0 Å². The monoisotopic (exact) mass is 353 g/mol. The van der Waals surface area contributed by atoms with Gasteiger partial charge in [-0.2, -0.15) is 0 Å². The van der Waals surface area contributed by atoms with Crippen LogP contribution in [0, 0.1) is 0 Å². The van der Waals surface area contributed by atoms with Crippen molar-refractivity contribution in [2.45, 2.75) is 19.4 Å². The molecule has 0 atom stereocenters. The van der Waals surface area contributed by atoms with Gasteiger partial charge >= 0.3 is 6.09 Å². The molecule has 0 unspecified atom stereocenters. The number of imidazole rings is 1. The Labute approximate surface area is 150 Å². The number of nitrogens with one attached hydrogen (secondary N) is 2. The van der Waals surface area contributed by atoms with Crippen molar-refractivity contribution in [1.82, 2.24) is 9.97 Å². The number of hydrogen-bond donors (Lipinski definition) is 2. The van der Waals surface area contributed by atoms with E-state index in [0.717, 1.165) is 22.2 Å². The zero-order valence-electron chi connectivity index (χ0n) is 15.0. The summed E-state index contributed by atoms with van der Waals surface area (Å²) in [6.07, 6.45) is -0.463. The summed E-state index contributed by atoms with van der Waals surface area (Å²) < 4.78 is 16.1. The number of aromatic amines is 1. The second-order valence-corrected chi connectivity index (χ2v) is 6.59. The third-order valence-electron chi connectivity index (χ3n) is 4.52. The molecule has 7 nitrogen and oxygen atoms in total. The van der Waals surface area contributed by atoms with E-state index in [4.69, 9.17) is 14.2 Å². The van der Waals surface area contributed by atoms with Gasteiger partial charge in [-0.3, -0.25) is 5.32 Å². The number of rotatable bonds is 3. The first kappa shape index (κ1) is 16.3. The highest BCUT2D eigenvalue weighted by molar-refractivity contribution is 5.94. The molecular weight excluding hydrogens is 334 g/mol. The Balaban J connectivity index is 1.86. The number of methoxy groups -OCH3 is 2. The minimum Gasteiger partial charge on any atom is -0.497 e. The summed E-state index contributed by atoms with van der Waals surface area (Å²) in [6.45, 7) is 3.72. The van der Waals surface area contributed by atoms with Crippen molar-refractivity contribution in [2.24, 2.45) is 0 Å². The predicted octanol–water partition coefficient (Wildman–Crippen LogP) is 4.04. The summed E-state index contributed by atoms with van der Waals surface area (Å²) in [5.41, 5.74) is 3.30. The highest BCUT2D eigenvalue weighted by Gasteiger charge is 2.34. The van der Waals surface area contributed by atoms with E-state index in [9.17, 15) is 4.79 Å². The summed E-state index contributed by atoms with van der Waals surface area (Å²) in [5.74, 6) is 2.04. The molecule has 1 aliphatic heterocycles. The minimum absolute atomic E-state index is 0.463. The largest absolute Gasteiger partial charge is 0.497 e. The highest BCUT2D eigenvalue weighted by atomic mass is 16.6. The number of carbonyl (C=O) groups is 1. The lowest BCUT2D eigenvalue weighted by Crippen LogP contribution is -2.34. The number of carbonyl (C=O) groups excluding carboxylic acids is 1. The lowest BCUT2D eigenvalue weighted by atomic mass is 9.94. The molecule has 0 radical (unpaired) electrons. The number of ether oxygens (including phenoxy) is 3. The number of hydrogen-bond acceptors (Lipinski definition) is 5. The fraction of sp³-hybridized carbons (Fsp3) is 0.263. The van der Waals surface area contributed by atoms with Crippen molar-refractivity contribution >= 4 is 22.8 Å². The number of benzene rings is 2. The van der Waals surface area contributed by atoms with Crippen molar-refractivity contribution in [3.8, 4) is 22.9 Å². The molecule has 0 spiro atoms. The molecule has 0 saturated heterocycles. The van der Waals surface area contributed by atoms with E-state index < -0.39 is 11.7 Å². The molecule has 2 heterocycles. The van der Waals surface area contributed by atoms with Crippen LogP contribution in [0.4, 0.5) is 10.5 Å². The van der Waals surface area contributed by atoms with E-state index in [1.165, 1.54) is 0 Å². The first-order chi connectivity index (χ1) is 12.4. The topological polar surface area (TPSA) is 85.5 Å². The van der Waals surface area contributed by atoms with Gasteiger partial charge in [0.05, 0.1) is 36.5 Å². The van der Waals surface area contributed by atoms with Gasteiger partial charge in [-0.25, -0.2) is 9.78 Å². The molecule has 2 aromatic carbocycles. The van der Waals surface area contributed by atoms with Crippen LogP contribution in [0.3, 0.4) is 0 Å². The molecule has 1 aromatic heterocycles. The van der Waals surface area contributed by atoms with Gasteiger partial charge in [-0.05, 0) is 38.1 Å². The number of amides is 1. The number of cyclic esters (lactones) is 1. The smallest absolute Gasteiger partial charge is 0.412 e. The van der Waals surface area contributed by atoms with Gasteiger partial charge in [0.2, 0.25) is 0 Å². The number of nitrogens with zero attached hydrogens (tertiary/aromatic N) is 1. The quantitative estimate of drug-likeness (QED) is 0.742. The van der Waals surface area contributed by atoms with Gasteiger partial charge in [0.1, 0.15) is 22.9 Å². The standard InChI is InChI=1S/C19H19N3O4/c1-19(2)12-8-14-15(9-13(12)22-18(23)26-19)21-17(20-14)11-6-5-10(24-3)7-16(11)25-4/h5-9H,1-4H3,(H,20,21)(H,22,23). The molecule has 26 heavy (non-hydrogen) atoms. The van der Waals surface area contributed by atoms with Crippen LogP contribution in [-0.2, 0) is 10.3 Å². The average Bonchev–Trinajstić information content (AvgIpc) is 3.01. The Bertz CT molecular complexity index is 1020. The van der Waals surface area contributed by atoms with Gasteiger partial charge in [0, 0.05) is 11.6 Å². The highest BCUT2D eigenvalue weighted by Crippen LogP contribution is 2.39. The lowest BCUT2D eigenvalue weighted by Gasteiger charge is -2.32. The van der Waals surface area contributed by atoms with Gasteiger partial charge in [0.15, 0.2) is 0 Å². The Kier molecular flexibility index (Phi) is 3.54. The molecule has 3 aromatic rings. The lowest BCUT2D eigenvalue weighted by molar-refractivity contribution is 0.0421. The summed E-state index contributed by atoms with van der Waals surface area (Å²) in [5, 5.41) is 2.74. The van der Waals surface area contributed by atoms with Crippen molar-refractivity contribution in [1.29, 1.82) is 0 Å². The molecule has 1 aliphatic rings. The third kappa shape index (κ3) is 2.52. The number of anilines is 1. The summed E-state index contributed by atoms with van der Waals surface area (Å²) in [6, 6.07) is 9.36. The zero-order valence-corrected chi connectivity index (χ0v) is 15.0. The van der Waals surface area contributed by atoms with Gasteiger partial charge in [-0.1, -0.05) is 0 Å². The molecule has 0 bridgehead atoms. The fourth-order valence-corrected chi connectivity index (χ4v) is 3.20. The Morgan fingerprint density at radius 3 is 2.65 bits per heavy atom. The maximum absolute atomic E-state index is 11.8. The SMILES string of the molecule is COc1ccc(-c2nc3cc4c(cc3[nH]2)C(C)(C)OC(=O)N4)c(OC)c1. The van der Waals surface area contributed by atoms with Crippen molar-refractivity contribution < 1.29 is 19.0 Å². The van der Waals surface area contributed by atoms with Crippen LogP contribution in [0.15, 0.2) is 30.3 Å². The molecule has 0 fully saturated rings. The number of aromatic nitrogens is 2. The van der Waals surface area contributed by atoms with E-state index in [1.807, 2.05) is 44.2 Å². The normalized spacial score (nSPS) is 15.2. The number of H-pyrrole nitrogens is 1. The third-order valence-corrected chi connectivity index (χ3v) is 4.52. The average molecular weight is 353 g/mol. The molecule has 4 rings (SSSR count). The first-order valence-electron chi connectivity index (χ1n) is 8.18. The molecular formula is C19H19N3O4. The Morgan fingerprint density at radius 1 is 1.12 bits per heavy atom. The molecule has 134 valence electrons. The van der Waals surface area contributed by atoms with Gasteiger partial charge < -0.3 is 19.2 Å². The van der Waals surface area contributed by atoms with Crippen molar-refractivity contribution in [2.75, 3.05) is 19.5 Å². The molecule has 2 N–H and O–H groups in total. The number of fused-ring (bicyclic) bond motifs is 2. The van der Waals surface area contributed by atoms with Crippen molar-refractivity contribution in [3.63, 3.8) is 0 Å². The zero-order chi connectivity index (χ0) is 18.5. The van der Waals surface area contributed by atoms with E-state index in [2.05, 4.69) is 15.3 Å². The van der Waals surface area contributed by atoms with Crippen LogP contribution in [0.2, 0.25) is 0 Å². The Morgan fingerprint density at radius 2 is 1.92 bits per heavy atom. The molecule has 1 amide bonds. The van der Waals surface area contributed by atoms with Crippen LogP contribution >= 0.6 is 0 Å². The van der Waals surface area contributed by atoms with Gasteiger partial charge in [0.25, 0.3) is 0 Å². The first-order valence-corrected chi connectivity index (χ1v) is 8.18. The van der Waals surface area contributed by atoms with Crippen LogP contribution in [-0.4, -0.2) is 30.3 Å². The van der Waals surface area contributed by atoms with Crippen LogP contribution < -0.4 is 14.8 Å². The van der Waals surface area contributed by atoms with Crippen molar-refractivity contribution in [3.05, 3.63) is 35.9 Å². The molecule has 7 heteroatoms. The van der Waals surface area contributed by atoms with Crippen LogP contribution in [0.1, 0.15) is 19.4 Å². The second-order valence-electron chi connectivity index (χ2n) is 6.59. The maximum atomic E-state index is 11.8. The second kappa shape index (κ2) is 5.66.